The number of benzene rings is 2. The number of carbonyl (C=O) groups excluding carboxylic acids is 3. The zero-order chi connectivity index (χ0) is 49.2. The number of nitrogens with zero attached hydrogens (tertiary/aromatic N) is 3. The molecule has 2 aromatic carbocycles. The van der Waals surface area contributed by atoms with E-state index in [0.717, 1.165) is 34.1 Å². The van der Waals surface area contributed by atoms with Gasteiger partial charge in [-0.2, -0.15) is 0 Å². The summed E-state index contributed by atoms with van der Waals surface area (Å²) in [5, 5.41) is 42.7. The normalized spacial score (nSPS) is 30.5. The molecule has 3 heterocycles. The molecule has 1 aromatic heterocycles. The number of aromatic nitrogens is 1. The number of pyridine rings is 1. The van der Waals surface area contributed by atoms with Gasteiger partial charge in [0.2, 0.25) is 0 Å². The van der Waals surface area contributed by atoms with Crippen LogP contribution in [0.3, 0.4) is 0 Å². The van der Waals surface area contributed by atoms with Gasteiger partial charge in [0, 0.05) is 42.3 Å². The number of aliphatic hydroxyl groups excluding tert-OH is 3. The van der Waals surface area contributed by atoms with Gasteiger partial charge < -0.3 is 58.9 Å². The highest BCUT2D eigenvalue weighted by Crippen LogP contribution is 2.35. The first-order valence-electron chi connectivity index (χ1n) is 23.8. The lowest BCUT2D eigenvalue weighted by molar-refractivity contribution is -0.304. The van der Waals surface area contributed by atoms with E-state index in [0.29, 0.717) is 44.6 Å². The summed E-state index contributed by atoms with van der Waals surface area (Å²) >= 11 is 0. The number of amides is 1. The van der Waals surface area contributed by atoms with Crippen molar-refractivity contribution >= 4 is 35.0 Å². The molecule has 68 heavy (non-hydrogen) atoms. The Bertz CT molecular complexity index is 2130. The lowest BCUT2D eigenvalue weighted by atomic mass is 9.79. The van der Waals surface area contributed by atoms with Crippen molar-refractivity contribution < 1.29 is 58.2 Å². The molecule has 0 spiro atoms. The van der Waals surface area contributed by atoms with Gasteiger partial charge in [-0.1, -0.05) is 80.1 Å². The molecule has 2 aliphatic rings. The van der Waals surface area contributed by atoms with E-state index in [4.69, 9.17) is 28.5 Å². The minimum Gasteiger partial charge on any atom is -0.494 e. The Morgan fingerprint density at radius 1 is 1.00 bits per heavy atom. The topological polar surface area (TPSA) is 208 Å². The maximum Gasteiger partial charge on any atom is 0.407 e. The van der Waals surface area contributed by atoms with E-state index in [1.807, 2.05) is 99.7 Å². The molecule has 5 rings (SSSR count). The Kier molecular flexibility index (Phi) is 21.4. The van der Waals surface area contributed by atoms with E-state index in [1.165, 1.54) is 0 Å². The number of oxime groups is 1. The summed E-state index contributed by atoms with van der Waals surface area (Å²) in [6.45, 7) is 10.0. The second kappa shape index (κ2) is 27.1. The van der Waals surface area contributed by atoms with E-state index in [9.17, 15) is 29.7 Å². The number of ether oxygens (including phenoxy) is 5. The van der Waals surface area contributed by atoms with Gasteiger partial charge in [0.25, 0.3) is 0 Å². The van der Waals surface area contributed by atoms with Crippen molar-refractivity contribution in [2.45, 2.75) is 129 Å². The van der Waals surface area contributed by atoms with E-state index >= 15 is 0 Å². The summed E-state index contributed by atoms with van der Waals surface area (Å²) in [7, 11) is 3.47. The van der Waals surface area contributed by atoms with Crippen molar-refractivity contribution in [3.05, 3.63) is 96.2 Å². The number of allylic oxidation sites excluding steroid dienone is 3. The Balaban J connectivity index is 1.40. The fraction of sp³-hybridized carbons (Fsp3) is 0.558. The summed E-state index contributed by atoms with van der Waals surface area (Å²) in [4.78, 5) is 51.1. The monoisotopic (exact) mass is 945 g/mol. The molecule has 1 amide bonds. The van der Waals surface area contributed by atoms with Crippen LogP contribution in [0, 0.1) is 23.7 Å². The lowest BCUT2D eigenvalue weighted by Crippen LogP contribution is -2.63. The molecular weight excluding hydrogens is 873 g/mol. The predicted molar refractivity (Wildman–Crippen MR) is 257 cm³/mol. The van der Waals surface area contributed by atoms with Gasteiger partial charge in [-0.15, -0.1) is 0 Å². The lowest BCUT2D eigenvalue weighted by Gasteiger charge is -2.46. The first-order valence-corrected chi connectivity index (χ1v) is 23.8. The second-order valence-electron chi connectivity index (χ2n) is 18.2. The Morgan fingerprint density at radius 3 is 2.50 bits per heavy atom. The van der Waals surface area contributed by atoms with Crippen molar-refractivity contribution in [1.82, 2.24) is 15.2 Å². The molecule has 16 heteroatoms. The van der Waals surface area contributed by atoms with Crippen LogP contribution in [0.15, 0.2) is 95.8 Å². The van der Waals surface area contributed by atoms with E-state index in [2.05, 4.69) is 15.5 Å². The number of fused-ring (bicyclic) bond motifs is 1. The Morgan fingerprint density at radius 2 is 1.76 bits per heavy atom. The van der Waals surface area contributed by atoms with Crippen LogP contribution in [0.25, 0.3) is 10.9 Å². The van der Waals surface area contributed by atoms with Crippen LogP contribution in [0.2, 0.25) is 0 Å². The van der Waals surface area contributed by atoms with Crippen molar-refractivity contribution in [3.63, 3.8) is 0 Å². The van der Waals surface area contributed by atoms with Crippen LogP contribution in [0.4, 0.5) is 4.79 Å². The van der Waals surface area contributed by atoms with E-state index < -0.39 is 85.2 Å². The number of nitrogens with one attached hydrogen (secondary N) is 1. The van der Waals surface area contributed by atoms with Crippen LogP contribution < -0.4 is 10.1 Å². The molecule has 0 saturated carbocycles. The molecule has 1 unspecified atom stereocenters. The van der Waals surface area contributed by atoms with E-state index in [1.54, 1.807) is 39.0 Å². The van der Waals surface area contributed by atoms with Crippen molar-refractivity contribution in [3.8, 4) is 5.75 Å². The number of likely N-dealkylation sites (N-methyl/N-ethyl adjacent to an activating group) is 1. The number of hydrogen-bond acceptors (Lipinski definition) is 15. The molecule has 372 valence electrons. The van der Waals surface area contributed by atoms with Crippen molar-refractivity contribution in [2.24, 2.45) is 28.8 Å². The third-order valence-corrected chi connectivity index (χ3v) is 12.7. The second-order valence-corrected chi connectivity index (χ2v) is 18.2. The zero-order valence-electron chi connectivity index (χ0n) is 40.5. The van der Waals surface area contributed by atoms with Gasteiger partial charge in [0.1, 0.15) is 37.5 Å². The molecule has 1 saturated heterocycles. The number of cyclic esters (lactones) is 1. The number of aliphatic hydroxyl groups is 3. The average molecular weight is 945 g/mol. The molecule has 4 N–H and O–H groups in total. The number of hydrogen-bond donors (Lipinski definition) is 4. The van der Waals surface area contributed by atoms with Crippen LogP contribution in [-0.2, 0) is 39.9 Å². The number of unbranched alkanes of at least 4 members (excludes halogenated alkanes) is 1. The van der Waals surface area contributed by atoms with Gasteiger partial charge in [-0.3, -0.25) is 9.78 Å². The predicted octanol–water partition coefficient (Wildman–Crippen LogP) is 6.55. The largest absolute Gasteiger partial charge is 0.494 e. The van der Waals surface area contributed by atoms with Crippen LogP contribution in [0.1, 0.15) is 78.7 Å². The molecule has 12 atom stereocenters. The third kappa shape index (κ3) is 15.9. The van der Waals surface area contributed by atoms with Crippen LogP contribution in [-0.4, -0.2) is 132 Å². The third-order valence-electron chi connectivity index (χ3n) is 12.7. The van der Waals surface area contributed by atoms with Gasteiger partial charge >= 0.3 is 12.1 Å². The fourth-order valence-electron chi connectivity index (χ4n) is 8.76. The number of esters is 1. The first kappa shape index (κ1) is 53.7. The molecule has 0 bridgehead atoms. The highest BCUT2D eigenvalue weighted by Gasteiger charge is 2.47. The molecule has 16 nitrogen and oxygen atoms in total. The number of carbonyl (C=O) groups is 3. The highest BCUT2D eigenvalue weighted by molar-refractivity contribution is 5.96. The van der Waals surface area contributed by atoms with Crippen molar-refractivity contribution in [1.29, 1.82) is 0 Å². The highest BCUT2D eigenvalue weighted by atomic mass is 16.7. The zero-order valence-corrected chi connectivity index (χ0v) is 40.5. The van der Waals surface area contributed by atoms with Gasteiger partial charge in [0.15, 0.2) is 6.29 Å². The Hall–Kier alpha value is -5.23. The first-order chi connectivity index (χ1) is 32.7. The fourth-order valence-corrected chi connectivity index (χ4v) is 8.76. The standard InChI is InChI=1S/C52H72N4O12/c1-8-45-40(32-64-52(62)54-31-37-15-10-9-11-16-37)27-33(2)18-20-42(55-65-26-13-12-25-63-41-19-21-43-38(29-41)17-14-23-53-43)34(3)28-39(22-24-57)50(35(4)44(58)30-46(59)67-45)68-51-49(61)47(56(6)7)48(60)36(5)66-51/h9-11,14-21,23-24,27,29,34-36,39-40,44-45,47-51,58,60-61H,8,12-13,22,25-26,28,30-32H2,1-7H3,(H,54,62)/b20-18+,33-27+,55-42-/t34-,35+,36+,39+,40?,44-,45-,47-,48+,49+,50-,51-/m1/s1. The Labute approximate surface area is 400 Å². The summed E-state index contributed by atoms with van der Waals surface area (Å²) in [6.07, 6.45) is 1.86. The summed E-state index contributed by atoms with van der Waals surface area (Å²) in [6, 6.07) is 18.4. The maximum absolute atomic E-state index is 13.7. The summed E-state index contributed by atoms with van der Waals surface area (Å²) in [5.74, 6) is -2.19. The minimum absolute atomic E-state index is 0.0115. The van der Waals surface area contributed by atoms with Crippen molar-refractivity contribution in [2.75, 3.05) is 33.9 Å². The molecule has 2 aliphatic heterocycles. The number of rotatable bonds is 17. The number of alkyl carbamates (subject to hydrolysis) is 1. The molecule has 0 radical (unpaired) electrons. The maximum atomic E-state index is 13.7. The van der Waals surface area contributed by atoms with E-state index in [-0.39, 0.29) is 25.5 Å². The summed E-state index contributed by atoms with van der Waals surface area (Å²) in [5.41, 5.74) is 3.13. The summed E-state index contributed by atoms with van der Waals surface area (Å²) < 4.78 is 30.4. The number of aldehydes is 1. The van der Waals surface area contributed by atoms with Crippen LogP contribution in [0.5, 0.6) is 5.75 Å². The van der Waals surface area contributed by atoms with Crippen LogP contribution >= 0.6 is 0 Å². The smallest absolute Gasteiger partial charge is 0.407 e. The SMILES string of the molecule is CC[C@H]1OC(=O)C[C@@H](O)[C@H](C)[C@@H](O[C@H]2O[C@@H](C)[C@H](O)[C@@H](N(C)C)[C@@H]2O)[C@@H](CC=O)C[C@@H](C)C(=N\OCCCCOc2ccc3ncccc3c2)/C=C/C(C)=C/C1COC(=O)NCc1ccccc1. The molecule has 1 fully saturated rings. The quantitative estimate of drug-likeness (QED) is 0.0490. The molecule has 0 aliphatic carbocycles. The van der Waals surface area contributed by atoms with Gasteiger partial charge in [0.05, 0.1) is 54.7 Å². The minimum atomic E-state index is -1.31. The average Bonchev–Trinajstić information content (AvgIpc) is 3.32. The molecule has 3 aromatic rings. The molecular formula is C52H72N4O12. The van der Waals surface area contributed by atoms with Gasteiger partial charge in [-0.25, -0.2) is 4.79 Å². The van der Waals surface area contributed by atoms with Gasteiger partial charge in [-0.05, 0) is 95.4 Å².